The number of nitrogens with zero attached hydrogens (tertiary/aromatic N) is 1. The average molecular weight is 542 g/mol. The van der Waals surface area contributed by atoms with Crippen molar-refractivity contribution >= 4 is 59.0 Å². The summed E-state index contributed by atoms with van der Waals surface area (Å²) in [5.74, 6) is -1.20. The molecule has 3 rings (SSSR count). The van der Waals surface area contributed by atoms with Gasteiger partial charge in [0.05, 0.1) is 21.8 Å². The summed E-state index contributed by atoms with van der Waals surface area (Å²) >= 11 is 12.5. The molecule has 0 aliphatic carbocycles. The van der Waals surface area contributed by atoms with Crippen molar-refractivity contribution in [2.75, 3.05) is 18.9 Å². The Bertz CT molecular complexity index is 1060. The van der Waals surface area contributed by atoms with Gasteiger partial charge in [0, 0.05) is 6.54 Å². The highest BCUT2D eigenvalue weighted by Crippen LogP contribution is 2.35. The van der Waals surface area contributed by atoms with Gasteiger partial charge in [-0.2, -0.15) is 0 Å². The summed E-state index contributed by atoms with van der Waals surface area (Å²) in [5.41, 5.74) is 2.02. The first-order chi connectivity index (χ1) is 16.1. The molecule has 0 fully saturated rings. The fourth-order valence-electron chi connectivity index (χ4n) is 4.00. The van der Waals surface area contributed by atoms with E-state index in [-0.39, 0.29) is 30.1 Å². The van der Waals surface area contributed by atoms with Crippen LogP contribution in [0.5, 0.6) is 0 Å². The van der Waals surface area contributed by atoms with E-state index in [1.807, 2.05) is 38.1 Å². The van der Waals surface area contributed by atoms with E-state index in [2.05, 4.69) is 16.0 Å². The van der Waals surface area contributed by atoms with Gasteiger partial charge in [0.2, 0.25) is 11.8 Å². The number of likely N-dealkylation sites (N-methyl/N-ethyl adjacent to an activating group) is 1. The van der Waals surface area contributed by atoms with Crippen LogP contribution >= 0.6 is 35.6 Å². The molecule has 0 aromatic heterocycles. The third-order valence-corrected chi connectivity index (χ3v) is 6.71. The zero-order valence-corrected chi connectivity index (χ0v) is 22.4. The minimum Gasteiger partial charge on any atom is -0.343 e. The molecule has 2 aromatic carbocycles. The molecule has 7 nitrogen and oxygen atoms in total. The Kier molecular flexibility index (Phi) is 10.4. The quantitative estimate of drug-likeness (QED) is 0.489. The number of para-hydroxylation sites is 1. The molecule has 1 heterocycles. The second-order valence-corrected chi connectivity index (χ2v) is 9.52. The first kappa shape index (κ1) is 28.9. The number of nitrogens with one attached hydrogen (secondary N) is 3. The van der Waals surface area contributed by atoms with Gasteiger partial charge in [-0.05, 0) is 49.6 Å². The molecule has 190 valence electrons. The topological polar surface area (TPSA) is 90.5 Å². The van der Waals surface area contributed by atoms with Gasteiger partial charge in [0.1, 0.15) is 12.1 Å². The van der Waals surface area contributed by atoms with Crippen LogP contribution in [0.1, 0.15) is 37.9 Å². The number of anilines is 1. The van der Waals surface area contributed by atoms with Crippen LogP contribution in [0, 0.1) is 5.92 Å². The van der Waals surface area contributed by atoms with Crippen LogP contribution in [0.2, 0.25) is 10.0 Å². The van der Waals surface area contributed by atoms with E-state index in [0.29, 0.717) is 28.7 Å². The molecule has 2 unspecified atom stereocenters. The van der Waals surface area contributed by atoms with Crippen LogP contribution < -0.4 is 16.0 Å². The predicted molar refractivity (Wildman–Crippen MR) is 142 cm³/mol. The van der Waals surface area contributed by atoms with Crippen molar-refractivity contribution in [1.82, 2.24) is 15.5 Å². The lowest BCUT2D eigenvalue weighted by atomic mass is 9.90. The Labute approximate surface area is 222 Å². The Hall–Kier alpha value is -2.32. The molecule has 2 aromatic rings. The molecular weight excluding hydrogens is 511 g/mol. The fraction of sp³-hybridized carbons (Fsp3) is 0.400. The maximum Gasteiger partial charge on any atom is 0.251 e. The Morgan fingerprint density at radius 3 is 2.23 bits per heavy atom. The monoisotopic (exact) mass is 540 g/mol. The number of amides is 3. The van der Waals surface area contributed by atoms with Gasteiger partial charge in [-0.15, -0.1) is 12.4 Å². The second-order valence-electron chi connectivity index (χ2n) is 8.71. The summed E-state index contributed by atoms with van der Waals surface area (Å²) in [6.45, 7) is 5.79. The second kappa shape index (κ2) is 12.6. The van der Waals surface area contributed by atoms with Crippen molar-refractivity contribution in [2.24, 2.45) is 5.92 Å². The lowest BCUT2D eigenvalue weighted by Crippen LogP contribution is -2.57. The van der Waals surface area contributed by atoms with E-state index in [1.54, 1.807) is 32.2 Å². The molecule has 0 bridgehead atoms. The highest BCUT2D eigenvalue weighted by Gasteiger charge is 2.40. The van der Waals surface area contributed by atoms with E-state index in [1.165, 1.54) is 4.90 Å². The van der Waals surface area contributed by atoms with E-state index in [4.69, 9.17) is 23.2 Å². The van der Waals surface area contributed by atoms with Crippen molar-refractivity contribution < 1.29 is 14.4 Å². The van der Waals surface area contributed by atoms with Crippen LogP contribution in [0.25, 0.3) is 0 Å². The molecule has 0 spiro atoms. The maximum atomic E-state index is 13.8. The zero-order chi connectivity index (χ0) is 25.0. The van der Waals surface area contributed by atoms with Gasteiger partial charge >= 0.3 is 0 Å². The average Bonchev–Trinajstić information content (AvgIpc) is 2.82. The predicted octanol–water partition coefficient (Wildman–Crippen LogP) is 4.23. The van der Waals surface area contributed by atoms with Gasteiger partial charge in [0.25, 0.3) is 5.91 Å². The number of halogens is 3. The van der Waals surface area contributed by atoms with Crippen LogP contribution in [-0.2, 0) is 20.8 Å². The SMILES string of the molecule is CNC(C)C(=O)NC(C(=O)N1CCc2ccccc2[C@H]1C(=O)Nc1c(Cl)cccc1Cl)C(C)C.Cl. The zero-order valence-electron chi connectivity index (χ0n) is 20.1. The van der Waals surface area contributed by atoms with Crippen LogP contribution in [-0.4, -0.2) is 48.3 Å². The summed E-state index contributed by atoms with van der Waals surface area (Å²) in [4.78, 5) is 41.4. The largest absolute Gasteiger partial charge is 0.343 e. The number of benzene rings is 2. The van der Waals surface area contributed by atoms with E-state index >= 15 is 0 Å². The normalized spacial score (nSPS) is 16.5. The molecular formula is C25H31Cl3N4O3. The van der Waals surface area contributed by atoms with Gasteiger partial charge in [0.15, 0.2) is 0 Å². The fourth-order valence-corrected chi connectivity index (χ4v) is 4.49. The van der Waals surface area contributed by atoms with Gasteiger partial charge in [-0.25, -0.2) is 0 Å². The van der Waals surface area contributed by atoms with Crippen molar-refractivity contribution in [3.63, 3.8) is 0 Å². The molecule has 3 amide bonds. The van der Waals surface area contributed by atoms with Crippen LogP contribution in [0.4, 0.5) is 5.69 Å². The van der Waals surface area contributed by atoms with Gasteiger partial charge in [-0.1, -0.05) is 67.4 Å². The van der Waals surface area contributed by atoms with Crippen molar-refractivity contribution in [3.05, 3.63) is 63.6 Å². The maximum absolute atomic E-state index is 13.8. The van der Waals surface area contributed by atoms with Crippen LogP contribution in [0.15, 0.2) is 42.5 Å². The minimum absolute atomic E-state index is 0. The summed E-state index contributed by atoms with van der Waals surface area (Å²) in [7, 11) is 1.68. The Balaban J connectivity index is 0.00000432. The molecule has 1 aliphatic rings. The number of fused-ring (bicyclic) bond motifs is 1. The highest BCUT2D eigenvalue weighted by molar-refractivity contribution is 6.39. The molecule has 3 N–H and O–H groups in total. The summed E-state index contributed by atoms with van der Waals surface area (Å²) in [5, 5.41) is 9.15. The lowest BCUT2D eigenvalue weighted by Gasteiger charge is -2.39. The number of carbonyl (C=O) groups excluding carboxylic acids is 3. The number of carbonyl (C=O) groups is 3. The van der Waals surface area contributed by atoms with E-state index in [9.17, 15) is 14.4 Å². The highest BCUT2D eigenvalue weighted by atomic mass is 35.5. The Morgan fingerprint density at radius 1 is 1.00 bits per heavy atom. The smallest absolute Gasteiger partial charge is 0.251 e. The molecule has 0 saturated heterocycles. The minimum atomic E-state index is -0.898. The molecule has 0 saturated carbocycles. The van der Waals surface area contributed by atoms with E-state index in [0.717, 1.165) is 11.1 Å². The number of hydrogen-bond donors (Lipinski definition) is 3. The third-order valence-electron chi connectivity index (χ3n) is 6.08. The third kappa shape index (κ3) is 6.47. The van der Waals surface area contributed by atoms with Crippen molar-refractivity contribution in [1.29, 1.82) is 0 Å². The summed E-state index contributed by atoms with van der Waals surface area (Å²) < 4.78 is 0. The number of hydrogen-bond acceptors (Lipinski definition) is 4. The van der Waals surface area contributed by atoms with E-state index < -0.39 is 24.0 Å². The molecule has 10 heteroatoms. The lowest BCUT2D eigenvalue weighted by molar-refractivity contribution is -0.144. The Morgan fingerprint density at radius 2 is 1.63 bits per heavy atom. The van der Waals surface area contributed by atoms with Crippen molar-refractivity contribution in [2.45, 2.75) is 45.3 Å². The molecule has 1 aliphatic heterocycles. The summed E-state index contributed by atoms with van der Waals surface area (Å²) in [6.07, 6.45) is 0.601. The first-order valence-electron chi connectivity index (χ1n) is 11.3. The molecule has 35 heavy (non-hydrogen) atoms. The van der Waals surface area contributed by atoms with Crippen molar-refractivity contribution in [3.8, 4) is 0 Å². The van der Waals surface area contributed by atoms with Gasteiger partial charge < -0.3 is 20.9 Å². The summed E-state index contributed by atoms with van der Waals surface area (Å²) in [6, 6.07) is 10.4. The molecule has 3 atom stereocenters. The van der Waals surface area contributed by atoms with Gasteiger partial charge in [-0.3, -0.25) is 14.4 Å². The number of rotatable bonds is 7. The van der Waals surface area contributed by atoms with Crippen LogP contribution in [0.3, 0.4) is 0 Å². The standard InChI is InChI=1S/C25H30Cl2N4O3.ClH/c1-14(2)20(29-23(32)15(3)28-4)25(34)31-13-12-16-8-5-6-9-17(16)22(31)24(33)30-21-18(26)10-7-11-19(21)27;/h5-11,14-15,20,22,28H,12-13H2,1-4H3,(H,29,32)(H,30,33);1H/t15?,20?,22-;/m0./s1. The first-order valence-corrected chi connectivity index (χ1v) is 12.0. The molecule has 0 radical (unpaired) electrons.